The SMILES string of the molecule is CC.CNC(=O)CC(C)(C)OCCC(C)(C)N(C)C(=O)/C=C\C=O. The number of aldehydes is 1. The Kier molecular flexibility index (Phi) is 12.1. The average Bonchev–Trinajstić information content (AvgIpc) is 2.52. The van der Waals surface area contributed by atoms with Crippen molar-refractivity contribution in [3.63, 3.8) is 0 Å². The van der Waals surface area contributed by atoms with Gasteiger partial charge in [0.05, 0.1) is 12.0 Å². The third kappa shape index (κ3) is 10.2. The smallest absolute Gasteiger partial charge is 0.246 e. The molecule has 6 nitrogen and oxygen atoms in total. The fourth-order valence-electron chi connectivity index (χ4n) is 1.80. The lowest BCUT2D eigenvalue weighted by Gasteiger charge is -2.36. The largest absolute Gasteiger partial charge is 0.375 e. The van der Waals surface area contributed by atoms with Crippen LogP contribution in [-0.2, 0) is 19.1 Å². The van der Waals surface area contributed by atoms with Gasteiger partial charge in [-0.05, 0) is 40.2 Å². The summed E-state index contributed by atoms with van der Waals surface area (Å²) in [4.78, 5) is 35.1. The van der Waals surface area contributed by atoms with Gasteiger partial charge in [-0.2, -0.15) is 0 Å². The minimum Gasteiger partial charge on any atom is -0.375 e. The van der Waals surface area contributed by atoms with Crippen LogP contribution >= 0.6 is 0 Å². The molecular weight excluding hydrogens is 308 g/mol. The standard InChI is InChI=1S/C16H28N2O4.C2H6/c1-15(2,18(6)14(21)8-7-10-19)9-11-22-16(3,4)12-13(20)17-5;1-2/h7-8,10H,9,11-12H2,1-6H3,(H,17,20);1-2H3/b8-7-;. The zero-order chi connectivity index (χ0) is 19.4. The number of amides is 2. The molecule has 0 rings (SSSR count). The van der Waals surface area contributed by atoms with Crippen LogP contribution in [0.25, 0.3) is 0 Å². The zero-order valence-electron chi connectivity index (χ0n) is 16.4. The van der Waals surface area contributed by atoms with E-state index < -0.39 is 11.1 Å². The predicted octanol–water partition coefficient (Wildman–Crippen LogP) is 2.33. The first kappa shape index (κ1) is 24.6. The van der Waals surface area contributed by atoms with E-state index in [0.29, 0.717) is 19.3 Å². The van der Waals surface area contributed by atoms with Gasteiger partial charge in [-0.15, -0.1) is 0 Å². The van der Waals surface area contributed by atoms with Crippen molar-refractivity contribution in [3.05, 3.63) is 12.2 Å². The number of hydrogen-bond acceptors (Lipinski definition) is 4. The number of carbonyl (C=O) groups excluding carboxylic acids is 3. The van der Waals surface area contributed by atoms with E-state index in [1.807, 2.05) is 41.5 Å². The summed E-state index contributed by atoms with van der Waals surface area (Å²) in [6.45, 7) is 12.0. The number of allylic oxidation sites excluding steroid dienone is 1. The van der Waals surface area contributed by atoms with Gasteiger partial charge >= 0.3 is 0 Å². The van der Waals surface area contributed by atoms with Crippen molar-refractivity contribution in [2.24, 2.45) is 0 Å². The molecule has 0 aromatic heterocycles. The highest BCUT2D eigenvalue weighted by atomic mass is 16.5. The van der Waals surface area contributed by atoms with Gasteiger partial charge in [0.15, 0.2) is 0 Å². The average molecular weight is 342 g/mol. The van der Waals surface area contributed by atoms with Crippen molar-refractivity contribution in [2.45, 2.75) is 65.5 Å². The first-order valence-electron chi connectivity index (χ1n) is 8.30. The molecule has 0 bridgehead atoms. The molecular formula is C18H34N2O4. The molecule has 24 heavy (non-hydrogen) atoms. The van der Waals surface area contributed by atoms with Crippen LogP contribution in [0.15, 0.2) is 12.2 Å². The molecule has 0 aliphatic carbocycles. The second-order valence-corrected chi connectivity index (χ2v) is 6.41. The Bertz CT molecular complexity index is 429. The van der Waals surface area contributed by atoms with E-state index in [1.165, 1.54) is 12.2 Å². The molecule has 0 heterocycles. The van der Waals surface area contributed by atoms with Crippen LogP contribution in [0, 0.1) is 0 Å². The molecule has 0 radical (unpaired) electrons. The molecule has 0 atom stereocenters. The zero-order valence-corrected chi connectivity index (χ0v) is 16.4. The highest BCUT2D eigenvalue weighted by molar-refractivity contribution is 5.91. The van der Waals surface area contributed by atoms with Gasteiger partial charge in [-0.3, -0.25) is 14.4 Å². The van der Waals surface area contributed by atoms with Gasteiger partial charge in [0, 0.05) is 32.3 Å². The van der Waals surface area contributed by atoms with E-state index in [-0.39, 0.29) is 18.2 Å². The maximum atomic E-state index is 11.9. The fraction of sp³-hybridized carbons (Fsp3) is 0.722. The number of rotatable bonds is 9. The number of hydrogen-bond donors (Lipinski definition) is 1. The van der Waals surface area contributed by atoms with Gasteiger partial charge in [0.1, 0.15) is 6.29 Å². The number of carbonyl (C=O) groups is 3. The Morgan fingerprint density at radius 3 is 2.17 bits per heavy atom. The maximum Gasteiger partial charge on any atom is 0.246 e. The van der Waals surface area contributed by atoms with E-state index in [1.54, 1.807) is 19.0 Å². The molecule has 0 saturated carbocycles. The molecule has 2 amide bonds. The van der Waals surface area contributed by atoms with Crippen LogP contribution in [0.5, 0.6) is 0 Å². The second-order valence-electron chi connectivity index (χ2n) is 6.41. The van der Waals surface area contributed by atoms with Crippen molar-refractivity contribution >= 4 is 18.1 Å². The monoisotopic (exact) mass is 342 g/mol. The molecule has 0 aliphatic heterocycles. The predicted molar refractivity (Wildman–Crippen MR) is 96.7 cm³/mol. The van der Waals surface area contributed by atoms with Crippen LogP contribution in [0.1, 0.15) is 54.4 Å². The van der Waals surface area contributed by atoms with Crippen LogP contribution in [-0.4, -0.2) is 54.8 Å². The minimum atomic E-state index is -0.559. The number of nitrogens with one attached hydrogen (secondary N) is 1. The fourth-order valence-corrected chi connectivity index (χ4v) is 1.80. The van der Waals surface area contributed by atoms with Crippen molar-refractivity contribution in [2.75, 3.05) is 20.7 Å². The highest BCUT2D eigenvalue weighted by Gasteiger charge is 2.28. The molecule has 0 fully saturated rings. The molecule has 0 spiro atoms. The van der Waals surface area contributed by atoms with Crippen LogP contribution < -0.4 is 5.32 Å². The summed E-state index contributed by atoms with van der Waals surface area (Å²) in [5, 5.41) is 2.57. The molecule has 0 aromatic rings. The molecule has 0 saturated heterocycles. The topological polar surface area (TPSA) is 75.7 Å². The van der Waals surface area contributed by atoms with Gasteiger partial charge in [-0.1, -0.05) is 13.8 Å². The lowest BCUT2D eigenvalue weighted by atomic mass is 9.98. The molecule has 0 aliphatic rings. The highest BCUT2D eigenvalue weighted by Crippen LogP contribution is 2.21. The van der Waals surface area contributed by atoms with E-state index in [0.717, 1.165) is 0 Å². The third-order valence-electron chi connectivity index (χ3n) is 3.63. The van der Waals surface area contributed by atoms with Gasteiger partial charge in [0.25, 0.3) is 0 Å². The van der Waals surface area contributed by atoms with Gasteiger partial charge < -0.3 is 15.0 Å². The van der Waals surface area contributed by atoms with Crippen molar-refractivity contribution < 1.29 is 19.1 Å². The Morgan fingerprint density at radius 2 is 1.71 bits per heavy atom. The normalized spacial score (nSPS) is 11.5. The van der Waals surface area contributed by atoms with E-state index >= 15 is 0 Å². The summed E-state index contributed by atoms with van der Waals surface area (Å²) < 4.78 is 5.78. The van der Waals surface area contributed by atoms with Crippen LogP contribution in [0.4, 0.5) is 0 Å². The summed E-state index contributed by atoms with van der Waals surface area (Å²) in [7, 11) is 3.28. The first-order valence-corrected chi connectivity index (χ1v) is 8.30. The number of ether oxygens (including phenoxy) is 1. The quantitative estimate of drug-likeness (QED) is 0.515. The Morgan fingerprint density at radius 1 is 1.17 bits per heavy atom. The summed E-state index contributed by atoms with van der Waals surface area (Å²) in [6.07, 6.45) is 3.88. The number of nitrogens with zero attached hydrogens (tertiary/aromatic N) is 1. The van der Waals surface area contributed by atoms with Gasteiger partial charge in [-0.25, -0.2) is 0 Å². The van der Waals surface area contributed by atoms with Crippen LogP contribution in [0.2, 0.25) is 0 Å². The minimum absolute atomic E-state index is 0.0736. The Labute approximate surface area is 146 Å². The summed E-state index contributed by atoms with van der Waals surface area (Å²) in [5.74, 6) is -0.308. The second kappa shape index (κ2) is 11.8. The lowest BCUT2D eigenvalue weighted by Crippen LogP contribution is -2.45. The number of likely N-dealkylation sites (N-methyl/N-ethyl adjacent to an activating group) is 1. The molecule has 0 aromatic carbocycles. The Balaban J connectivity index is 0. The van der Waals surface area contributed by atoms with Gasteiger partial charge in [0.2, 0.25) is 11.8 Å². The third-order valence-corrected chi connectivity index (χ3v) is 3.63. The van der Waals surface area contributed by atoms with E-state index in [4.69, 9.17) is 4.74 Å². The Hall–Kier alpha value is -1.69. The van der Waals surface area contributed by atoms with E-state index in [9.17, 15) is 14.4 Å². The summed E-state index contributed by atoms with van der Waals surface area (Å²) in [6, 6.07) is 0. The van der Waals surface area contributed by atoms with Crippen molar-refractivity contribution in [1.82, 2.24) is 10.2 Å². The molecule has 1 N–H and O–H groups in total. The van der Waals surface area contributed by atoms with Crippen molar-refractivity contribution in [3.8, 4) is 0 Å². The summed E-state index contributed by atoms with van der Waals surface area (Å²) >= 11 is 0. The van der Waals surface area contributed by atoms with E-state index in [2.05, 4.69) is 5.32 Å². The first-order chi connectivity index (χ1) is 11.1. The maximum absolute atomic E-state index is 11.9. The molecule has 0 unspecified atom stereocenters. The van der Waals surface area contributed by atoms with Crippen LogP contribution in [0.3, 0.4) is 0 Å². The summed E-state index contributed by atoms with van der Waals surface area (Å²) in [5.41, 5.74) is -0.983. The van der Waals surface area contributed by atoms with Crippen molar-refractivity contribution in [1.29, 1.82) is 0 Å². The lowest BCUT2D eigenvalue weighted by molar-refractivity contribution is -0.131. The molecule has 6 heteroatoms. The molecule has 140 valence electrons.